The quantitative estimate of drug-likeness (QED) is 0.596. The SMILES string of the molecule is CC(Nc1ncnc2ccc(F)cc12)c1cc2ccccc2o1. The Kier molecular flexibility index (Phi) is 3.19. The maximum atomic E-state index is 13.5. The van der Waals surface area contributed by atoms with Crippen molar-refractivity contribution in [1.82, 2.24) is 9.97 Å². The third kappa shape index (κ3) is 2.50. The van der Waals surface area contributed by atoms with Gasteiger partial charge in [0.1, 0.15) is 29.3 Å². The lowest BCUT2D eigenvalue weighted by atomic mass is 10.2. The molecular weight excluding hydrogens is 293 g/mol. The number of hydrogen-bond donors (Lipinski definition) is 1. The van der Waals surface area contributed by atoms with Gasteiger partial charge < -0.3 is 9.73 Å². The predicted octanol–water partition coefficient (Wildman–Crippen LogP) is 4.69. The molecule has 0 bridgehead atoms. The Morgan fingerprint density at radius 1 is 1.09 bits per heavy atom. The van der Waals surface area contributed by atoms with Crippen molar-refractivity contribution in [2.45, 2.75) is 13.0 Å². The summed E-state index contributed by atoms with van der Waals surface area (Å²) in [4.78, 5) is 8.39. The molecule has 0 aliphatic rings. The molecule has 1 unspecified atom stereocenters. The molecule has 1 N–H and O–H groups in total. The Bertz CT molecular complexity index is 963. The number of halogens is 1. The third-order valence-electron chi connectivity index (χ3n) is 3.82. The van der Waals surface area contributed by atoms with Crippen LogP contribution in [0.3, 0.4) is 0 Å². The smallest absolute Gasteiger partial charge is 0.137 e. The van der Waals surface area contributed by atoms with Crippen LogP contribution in [-0.4, -0.2) is 9.97 Å². The number of aromatic nitrogens is 2. The molecule has 0 spiro atoms. The normalized spacial score (nSPS) is 12.6. The van der Waals surface area contributed by atoms with Gasteiger partial charge in [-0.1, -0.05) is 18.2 Å². The first-order valence-electron chi connectivity index (χ1n) is 7.36. The van der Waals surface area contributed by atoms with Crippen LogP contribution in [0.15, 0.2) is 59.3 Å². The lowest BCUT2D eigenvalue weighted by Gasteiger charge is -2.13. The van der Waals surface area contributed by atoms with Crippen molar-refractivity contribution in [2.75, 3.05) is 5.32 Å². The number of nitrogens with zero attached hydrogens (tertiary/aromatic N) is 2. The zero-order valence-corrected chi connectivity index (χ0v) is 12.5. The van der Waals surface area contributed by atoms with Crippen LogP contribution in [0.4, 0.5) is 10.2 Å². The predicted molar refractivity (Wildman–Crippen MR) is 87.7 cm³/mol. The van der Waals surface area contributed by atoms with E-state index in [9.17, 15) is 4.39 Å². The summed E-state index contributed by atoms with van der Waals surface area (Å²) in [5.74, 6) is 1.07. The molecule has 114 valence electrons. The van der Waals surface area contributed by atoms with Crippen molar-refractivity contribution >= 4 is 27.7 Å². The summed E-state index contributed by atoms with van der Waals surface area (Å²) in [6, 6.07) is 14.2. The monoisotopic (exact) mass is 307 g/mol. The Balaban J connectivity index is 1.71. The van der Waals surface area contributed by atoms with E-state index in [-0.39, 0.29) is 11.9 Å². The van der Waals surface area contributed by atoms with Gasteiger partial charge in [-0.25, -0.2) is 14.4 Å². The summed E-state index contributed by atoms with van der Waals surface area (Å²) in [6.07, 6.45) is 1.47. The second kappa shape index (κ2) is 5.35. The molecule has 0 saturated heterocycles. The highest BCUT2D eigenvalue weighted by Crippen LogP contribution is 2.28. The summed E-state index contributed by atoms with van der Waals surface area (Å²) < 4.78 is 19.4. The van der Waals surface area contributed by atoms with E-state index >= 15 is 0 Å². The second-order valence-corrected chi connectivity index (χ2v) is 5.44. The molecule has 1 atom stereocenters. The molecule has 4 nitrogen and oxygen atoms in total. The Morgan fingerprint density at radius 3 is 2.83 bits per heavy atom. The molecule has 0 radical (unpaired) electrons. The number of rotatable bonds is 3. The number of hydrogen-bond acceptors (Lipinski definition) is 4. The van der Waals surface area contributed by atoms with E-state index in [0.29, 0.717) is 16.7 Å². The maximum absolute atomic E-state index is 13.5. The van der Waals surface area contributed by atoms with Gasteiger partial charge in [-0.3, -0.25) is 0 Å². The molecular formula is C18H14FN3O. The van der Waals surface area contributed by atoms with Crippen LogP contribution in [0.2, 0.25) is 0 Å². The fourth-order valence-electron chi connectivity index (χ4n) is 2.64. The van der Waals surface area contributed by atoms with Crippen molar-refractivity contribution in [3.63, 3.8) is 0 Å². The van der Waals surface area contributed by atoms with Crippen molar-refractivity contribution in [1.29, 1.82) is 0 Å². The molecule has 4 aromatic rings. The maximum Gasteiger partial charge on any atom is 0.137 e. The largest absolute Gasteiger partial charge is 0.459 e. The highest BCUT2D eigenvalue weighted by molar-refractivity contribution is 5.89. The minimum Gasteiger partial charge on any atom is -0.459 e. The number of para-hydroxylation sites is 1. The number of benzene rings is 2. The van der Waals surface area contributed by atoms with Gasteiger partial charge in [0.15, 0.2) is 0 Å². The van der Waals surface area contributed by atoms with Gasteiger partial charge in [-0.05, 0) is 37.3 Å². The van der Waals surface area contributed by atoms with Crippen LogP contribution in [0.25, 0.3) is 21.9 Å². The minimum absolute atomic E-state index is 0.108. The van der Waals surface area contributed by atoms with Crippen LogP contribution >= 0.6 is 0 Å². The molecule has 0 saturated carbocycles. The number of fused-ring (bicyclic) bond motifs is 2. The van der Waals surface area contributed by atoms with Crippen LogP contribution in [0.5, 0.6) is 0 Å². The van der Waals surface area contributed by atoms with Gasteiger partial charge in [0.05, 0.1) is 11.6 Å². The number of furan rings is 1. The third-order valence-corrected chi connectivity index (χ3v) is 3.82. The average molecular weight is 307 g/mol. The molecule has 2 aromatic heterocycles. The number of nitrogens with one attached hydrogen (secondary N) is 1. The van der Waals surface area contributed by atoms with Crippen molar-refractivity contribution in [3.05, 3.63) is 66.4 Å². The second-order valence-electron chi connectivity index (χ2n) is 5.44. The van der Waals surface area contributed by atoms with Crippen molar-refractivity contribution < 1.29 is 8.81 Å². The van der Waals surface area contributed by atoms with E-state index < -0.39 is 0 Å². The molecule has 0 amide bonds. The molecule has 0 aliphatic heterocycles. The summed E-state index contributed by atoms with van der Waals surface area (Å²) in [5, 5.41) is 4.98. The zero-order valence-electron chi connectivity index (χ0n) is 12.5. The highest BCUT2D eigenvalue weighted by Gasteiger charge is 2.14. The van der Waals surface area contributed by atoms with Gasteiger partial charge in [-0.15, -0.1) is 0 Å². The molecule has 0 fully saturated rings. The Labute approximate surface area is 132 Å². The summed E-state index contributed by atoms with van der Waals surface area (Å²) in [7, 11) is 0. The van der Waals surface area contributed by atoms with Gasteiger partial charge >= 0.3 is 0 Å². The Hall–Kier alpha value is -2.95. The summed E-state index contributed by atoms with van der Waals surface area (Å²) >= 11 is 0. The summed E-state index contributed by atoms with van der Waals surface area (Å²) in [6.45, 7) is 1.98. The molecule has 23 heavy (non-hydrogen) atoms. The van der Waals surface area contributed by atoms with Crippen LogP contribution in [0, 0.1) is 5.82 Å². The van der Waals surface area contributed by atoms with Crippen molar-refractivity contribution in [2.24, 2.45) is 0 Å². The van der Waals surface area contributed by atoms with E-state index in [4.69, 9.17) is 4.42 Å². The van der Waals surface area contributed by atoms with E-state index in [2.05, 4.69) is 15.3 Å². The molecule has 5 heteroatoms. The van der Waals surface area contributed by atoms with Crippen LogP contribution in [-0.2, 0) is 0 Å². The summed E-state index contributed by atoms with van der Waals surface area (Å²) in [5.41, 5.74) is 1.54. The van der Waals surface area contributed by atoms with E-state index in [1.54, 1.807) is 6.07 Å². The molecule has 4 rings (SSSR count). The molecule has 2 heterocycles. The molecule has 0 aliphatic carbocycles. The first kappa shape index (κ1) is 13.7. The van der Waals surface area contributed by atoms with Gasteiger partial charge in [0.2, 0.25) is 0 Å². The van der Waals surface area contributed by atoms with Gasteiger partial charge in [0, 0.05) is 10.8 Å². The number of anilines is 1. The van der Waals surface area contributed by atoms with Crippen molar-refractivity contribution in [3.8, 4) is 0 Å². The standard InChI is InChI=1S/C18H14FN3O/c1-11(17-8-12-4-2-3-5-16(12)23-17)22-18-14-9-13(19)6-7-15(14)20-10-21-18/h2-11H,1H3,(H,20,21,22). The van der Waals surface area contributed by atoms with Crippen LogP contribution < -0.4 is 5.32 Å². The lowest BCUT2D eigenvalue weighted by molar-refractivity contribution is 0.526. The van der Waals surface area contributed by atoms with E-state index in [1.807, 2.05) is 37.3 Å². The fraction of sp³-hybridized carbons (Fsp3) is 0.111. The Morgan fingerprint density at radius 2 is 1.96 bits per heavy atom. The van der Waals surface area contributed by atoms with E-state index in [0.717, 1.165) is 16.7 Å². The zero-order chi connectivity index (χ0) is 15.8. The first-order chi connectivity index (χ1) is 11.2. The van der Waals surface area contributed by atoms with Crippen LogP contribution in [0.1, 0.15) is 18.7 Å². The fourth-order valence-corrected chi connectivity index (χ4v) is 2.64. The average Bonchev–Trinajstić information content (AvgIpc) is 2.99. The molecule has 2 aromatic carbocycles. The first-order valence-corrected chi connectivity index (χ1v) is 7.36. The van der Waals surface area contributed by atoms with E-state index in [1.165, 1.54) is 18.5 Å². The topological polar surface area (TPSA) is 51.0 Å². The van der Waals surface area contributed by atoms with Gasteiger partial charge in [0.25, 0.3) is 0 Å². The lowest BCUT2D eigenvalue weighted by Crippen LogP contribution is -2.07. The van der Waals surface area contributed by atoms with Gasteiger partial charge in [-0.2, -0.15) is 0 Å². The minimum atomic E-state index is -0.313. The highest BCUT2D eigenvalue weighted by atomic mass is 19.1.